The smallest absolute Gasteiger partial charge is 0.239 e. The van der Waals surface area contributed by atoms with Crippen LogP contribution in [0.3, 0.4) is 0 Å². The molecule has 2 heterocycles. The van der Waals surface area contributed by atoms with Gasteiger partial charge in [-0.3, -0.25) is 4.79 Å². The van der Waals surface area contributed by atoms with Gasteiger partial charge < -0.3 is 15.1 Å². The summed E-state index contributed by atoms with van der Waals surface area (Å²) in [6, 6.07) is 0.109. The van der Waals surface area contributed by atoms with Crippen molar-refractivity contribution in [1.82, 2.24) is 15.1 Å². The number of carbonyl (C=O) groups is 1. The first-order chi connectivity index (χ1) is 8.74. The predicted molar refractivity (Wildman–Crippen MR) is 73.5 cm³/mol. The summed E-state index contributed by atoms with van der Waals surface area (Å²) in [5.74, 6) is 1.02. The highest BCUT2D eigenvalue weighted by Crippen LogP contribution is 2.20. The summed E-state index contributed by atoms with van der Waals surface area (Å²) < 4.78 is 0. The molecule has 2 rings (SSSR count). The van der Waals surface area contributed by atoms with E-state index >= 15 is 0 Å². The van der Waals surface area contributed by atoms with E-state index in [1.165, 1.54) is 6.42 Å². The van der Waals surface area contributed by atoms with Crippen molar-refractivity contribution >= 4 is 5.91 Å². The van der Waals surface area contributed by atoms with Crippen molar-refractivity contribution in [2.45, 2.75) is 39.2 Å². The number of nitrogens with zero attached hydrogens (tertiary/aromatic N) is 2. The van der Waals surface area contributed by atoms with Crippen LogP contribution < -0.4 is 5.32 Å². The third-order valence-corrected chi connectivity index (χ3v) is 4.37. The van der Waals surface area contributed by atoms with Gasteiger partial charge in [0.25, 0.3) is 0 Å². The first kappa shape index (κ1) is 13.8. The Balaban J connectivity index is 1.78. The zero-order valence-corrected chi connectivity index (χ0v) is 11.8. The minimum atomic E-state index is 0.109. The molecule has 0 aromatic carbocycles. The van der Waals surface area contributed by atoms with Gasteiger partial charge in [0.2, 0.25) is 5.91 Å². The molecule has 0 aromatic rings. The lowest BCUT2D eigenvalue weighted by atomic mass is 10.1. The van der Waals surface area contributed by atoms with Crippen LogP contribution in [0, 0.1) is 5.92 Å². The summed E-state index contributed by atoms with van der Waals surface area (Å²) in [5, 5.41) is 3.31. The fraction of sp³-hybridized carbons (Fsp3) is 0.929. The number of likely N-dealkylation sites (tertiary alicyclic amines) is 1. The molecule has 2 unspecified atom stereocenters. The number of hydrogen-bond acceptors (Lipinski definition) is 3. The molecule has 2 aliphatic rings. The molecule has 0 aromatic heterocycles. The molecule has 18 heavy (non-hydrogen) atoms. The second-order valence-electron chi connectivity index (χ2n) is 5.57. The second kappa shape index (κ2) is 6.53. The molecular formula is C14H27N3O. The van der Waals surface area contributed by atoms with Crippen molar-refractivity contribution in [2.24, 2.45) is 5.92 Å². The van der Waals surface area contributed by atoms with Crippen molar-refractivity contribution in [1.29, 1.82) is 0 Å². The number of nitrogens with one attached hydrogen (secondary N) is 1. The molecule has 0 spiro atoms. The zero-order chi connectivity index (χ0) is 13.0. The van der Waals surface area contributed by atoms with Crippen LogP contribution in [0.25, 0.3) is 0 Å². The number of amides is 1. The fourth-order valence-electron chi connectivity index (χ4n) is 3.14. The summed E-state index contributed by atoms with van der Waals surface area (Å²) in [5.41, 5.74) is 0. The lowest BCUT2D eigenvalue weighted by Crippen LogP contribution is -2.43. The van der Waals surface area contributed by atoms with Gasteiger partial charge in [-0.2, -0.15) is 0 Å². The highest BCUT2D eigenvalue weighted by atomic mass is 16.2. The maximum absolute atomic E-state index is 12.3. The van der Waals surface area contributed by atoms with Gasteiger partial charge in [0, 0.05) is 19.6 Å². The van der Waals surface area contributed by atoms with Crippen LogP contribution in [-0.4, -0.2) is 61.0 Å². The molecule has 1 amide bonds. The summed E-state index contributed by atoms with van der Waals surface area (Å²) >= 11 is 0. The summed E-state index contributed by atoms with van der Waals surface area (Å²) in [7, 11) is 0. The predicted octanol–water partition coefficient (Wildman–Crippen LogP) is 0.929. The molecule has 0 saturated carbocycles. The normalized spacial score (nSPS) is 28.3. The molecule has 0 bridgehead atoms. The molecule has 1 N–H and O–H groups in total. The van der Waals surface area contributed by atoms with Crippen molar-refractivity contribution < 1.29 is 4.79 Å². The van der Waals surface area contributed by atoms with Crippen LogP contribution in [0.15, 0.2) is 0 Å². The maximum Gasteiger partial charge on any atom is 0.239 e. The summed E-state index contributed by atoms with van der Waals surface area (Å²) in [6.45, 7) is 10.7. The lowest BCUT2D eigenvalue weighted by molar-refractivity contribution is -0.132. The van der Waals surface area contributed by atoms with E-state index in [9.17, 15) is 4.79 Å². The molecular weight excluding hydrogens is 226 g/mol. The molecule has 4 nitrogen and oxygen atoms in total. The first-order valence-corrected chi connectivity index (χ1v) is 7.49. The van der Waals surface area contributed by atoms with Gasteiger partial charge >= 0.3 is 0 Å². The Bertz CT molecular complexity index is 272. The van der Waals surface area contributed by atoms with Gasteiger partial charge in [-0.25, -0.2) is 0 Å². The monoisotopic (exact) mass is 253 g/mol. The molecule has 4 heteroatoms. The Morgan fingerprint density at radius 3 is 2.72 bits per heavy atom. The molecule has 0 radical (unpaired) electrons. The topological polar surface area (TPSA) is 35.6 Å². The number of hydrogen-bond donors (Lipinski definition) is 1. The lowest BCUT2D eigenvalue weighted by Gasteiger charge is -2.24. The Morgan fingerprint density at radius 2 is 2.11 bits per heavy atom. The van der Waals surface area contributed by atoms with E-state index in [1.807, 2.05) is 0 Å². The number of rotatable bonds is 5. The van der Waals surface area contributed by atoms with E-state index in [-0.39, 0.29) is 6.04 Å². The van der Waals surface area contributed by atoms with Crippen LogP contribution in [-0.2, 0) is 4.79 Å². The standard InChI is InChI=1S/C14H27N3O/c1-3-16(4-2)10-12-7-9-17(11-12)14(18)13-6-5-8-15-13/h12-13,15H,3-11H2,1-2H3. The Morgan fingerprint density at radius 1 is 1.33 bits per heavy atom. The van der Waals surface area contributed by atoms with Gasteiger partial charge in [0.1, 0.15) is 0 Å². The van der Waals surface area contributed by atoms with Gasteiger partial charge in [-0.05, 0) is 44.8 Å². The molecule has 2 aliphatic heterocycles. The third-order valence-electron chi connectivity index (χ3n) is 4.37. The Kier molecular flexibility index (Phi) is 5.01. The minimum absolute atomic E-state index is 0.109. The fourth-order valence-corrected chi connectivity index (χ4v) is 3.14. The largest absolute Gasteiger partial charge is 0.341 e. The minimum Gasteiger partial charge on any atom is -0.341 e. The summed E-state index contributed by atoms with van der Waals surface area (Å²) in [6.07, 6.45) is 3.35. The van der Waals surface area contributed by atoms with Crippen LogP contribution in [0.2, 0.25) is 0 Å². The zero-order valence-electron chi connectivity index (χ0n) is 11.8. The van der Waals surface area contributed by atoms with Crippen LogP contribution in [0.4, 0.5) is 0 Å². The second-order valence-corrected chi connectivity index (χ2v) is 5.57. The first-order valence-electron chi connectivity index (χ1n) is 7.49. The highest BCUT2D eigenvalue weighted by molar-refractivity contribution is 5.82. The van der Waals surface area contributed by atoms with Gasteiger partial charge in [-0.15, -0.1) is 0 Å². The highest BCUT2D eigenvalue weighted by Gasteiger charge is 2.32. The molecule has 2 saturated heterocycles. The Labute approximate surface area is 111 Å². The van der Waals surface area contributed by atoms with E-state index in [0.717, 1.165) is 52.1 Å². The van der Waals surface area contributed by atoms with E-state index in [4.69, 9.17) is 0 Å². The number of carbonyl (C=O) groups excluding carboxylic acids is 1. The molecule has 104 valence electrons. The van der Waals surface area contributed by atoms with Crippen molar-refractivity contribution in [3.63, 3.8) is 0 Å². The Hall–Kier alpha value is -0.610. The van der Waals surface area contributed by atoms with Gasteiger partial charge in [0.15, 0.2) is 0 Å². The molecule has 2 atom stereocenters. The SMILES string of the molecule is CCN(CC)CC1CCN(C(=O)C2CCCN2)C1. The van der Waals surface area contributed by atoms with E-state index < -0.39 is 0 Å². The van der Waals surface area contributed by atoms with E-state index in [2.05, 4.69) is 29.0 Å². The van der Waals surface area contributed by atoms with Crippen molar-refractivity contribution in [3.05, 3.63) is 0 Å². The van der Waals surface area contributed by atoms with E-state index in [0.29, 0.717) is 11.8 Å². The molecule has 2 fully saturated rings. The van der Waals surface area contributed by atoms with Crippen molar-refractivity contribution in [3.8, 4) is 0 Å². The maximum atomic E-state index is 12.3. The van der Waals surface area contributed by atoms with Gasteiger partial charge in [-0.1, -0.05) is 13.8 Å². The van der Waals surface area contributed by atoms with Crippen LogP contribution >= 0.6 is 0 Å². The average Bonchev–Trinajstić information content (AvgIpc) is 3.06. The average molecular weight is 253 g/mol. The van der Waals surface area contributed by atoms with Gasteiger partial charge in [0.05, 0.1) is 6.04 Å². The van der Waals surface area contributed by atoms with Crippen LogP contribution in [0.5, 0.6) is 0 Å². The quantitative estimate of drug-likeness (QED) is 0.792. The van der Waals surface area contributed by atoms with Crippen LogP contribution in [0.1, 0.15) is 33.1 Å². The molecule has 0 aliphatic carbocycles. The van der Waals surface area contributed by atoms with E-state index in [1.54, 1.807) is 0 Å². The van der Waals surface area contributed by atoms with Crippen molar-refractivity contribution in [2.75, 3.05) is 39.3 Å². The summed E-state index contributed by atoms with van der Waals surface area (Å²) in [4.78, 5) is 16.8. The third kappa shape index (κ3) is 3.23.